The lowest BCUT2D eigenvalue weighted by Gasteiger charge is -2.39. The fraction of sp³-hybridized carbons (Fsp3) is 0.238. The molecule has 0 spiro atoms. The first kappa shape index (κ1) is 21.0. The summed E-state index contributed by atoms with van der Waals surface area (Å²) in [5.74, 6) is -0.0515. The lowest BCUT2D eigenvalue weighted by atomic mass is 10.1. The van der Waals surface area contributed by atoms with Gasteiger partial charge in [0.2, 0.25) is 5.88 Å². The molecule has 168 valence electrons. The van der Waals surface area contributed by atoms with Crippen LogP contribution in [0.3, 0.4) is 0 Å². The van der Waals surface area contributed by atoms with Crippen molar-refractivity contribution in [3.05, 3.63) is 75.9 Å². The van der Waals surface area contributed by atoms with Gasteiger partial charge in [0, 0.05) is 36.1 Å². The predicted molar refractivity (Wildman–Crippen MR) is 118 cm³/mol. The lowest BCUT2D eigenvalue weighted by molar-refractivity contribution is 0.160. The van der Waals surface area contributed by atoms with Gasteiger partial charge < -0.3 is 9.64 Å². The molecule has 4 heterocycles. The van der Waals surface area contributed by atoms with E-state index in [4.69, 9.17) is 16.3 Å². The van der Waals surface area contributed by atoms with E-state index in [-0.39, 0.29) is 28.8 Å². The molecule has 0 amide bonds. The van der Waals surface area contributed by atoms with Crippen molar-refractivity contribution in [1.82, 2.24) is 34.7 Å². The maximum Gasteiger partial charge on any atom is 0.269 e. The van der Waals surface area contributed by atoms with Crippen LogP contribution in [0.1, 0.15) is 5.69 Å². The quantitative estimate of drug-likeness (QED) is 0.423. The highest BCUT2D eigenvalue weighted by atomic mass is 35.5. The van der Waals surface area contributed by atoms with Gasteiger partial charge in [0.25, 0.3) is 5.56 Å². The molecular formula is C21H18ClFN8O2. The molecule has 0 aliphatic carbocycles. The van der Waals surface area contributed by atoms with Crippen LogP contribution in [-0.2, 0) is 13.6 Å². The molecular weight excluding hydrogens is 451 g/mol. The van der Waals surface area contributed by atoms with Gasteiger partial charge in [-0.3, -0.25) is 9.78 Å². The standard InChI is InChI=1S/C21H18ClFN8O2/c1-29-18(21(27-28-29)16-3-2-13(22)6-17(16)23)12-31-20(32)7-14(8-26-31)30-10-15(11-30)33-19-9-24-4-5-25-19/h2-9,15H,10-12H2,1H3. The Morgan fingerprint density at radius 2 is 2.06 bits per heavy atom. The monoisotopic (exact) mass is 468 g/mol. The summed E-state index contributed by atoms with van der Waals surface area (Å²) < 4.78 is 22.9. The van der Waals surface area contributed by atoms with Gasteiger partial charge >= 0.3 is 0 Å². The van der Waals surface area contributed by atoms with Crippen molar-refractivity contribution < 1.29 is 9.13 Å². The number of aromatic nitrogens is 7. The highest BCUT2D eigenvalue weighted by molar-refractivity contribution is 6.30. The molecule has 33 heavy (non-hydrogen) atoms. The Morgan fingerprint density at radius 3 is 2.79 bits per heavy atom. The van der Waals surface area contributed by atoms with Crippen LogP contribution < -0.4 is 15.2 Å². The summed E-state index contributed by atoms with van der Waals surface area (Å²) in [6.07, 6.45) is 6.29. The Bertz CT molecular complexity index is 1350. The Balaban J connectivity index is 1.31. The molecule has 1 aromatic carbocycles. The molecule has 10 nitrogen and oxygen atoms in total. The number of ether oxygens (including phenoxy) is 1. The van der Waals surface area contributed by atoms with Gasteiger partial charge in [-0.2, -0.15) is 5.10 Å². The van der Waals surface area contributed by atoms with E-state index in [1.165, 1.54) is 27.6 Å². The van der Waals surface area contributed by atoms with Crippen LogP contribution in [0.4, 0.5) is 10.1 Å². The minimum atomic E-state index is -0.518. The molecule has 5 rings (SSSR count). The van der Waals surface area contributed by atoms with Gasteiger partial charge in [0.05, 0.1) is 43.4 Å². The molecule has 12 heteroatoms. The highest BCUT2D eigenvalue weighted by Gasteiger charge is 2.30. The number of benzene rings is 1. The molecule has 0 atom stereocenters. The third kappa shape index (κ3) is 4.27. The van der Waals surface area contributed by atoms with Gasteiger partial charge in [0.15, 0.2) is 0 Å². The Kier molecular flexibility index (Phi) is 5.47. The number of rotatable bonds is 6. The second-order valence-corrected chi connectivity index (χ2v) is 7.97. The summed E-state index contributed by atoms with van der Waals surface area (Å²) in [4.78, 5) is 22.8. The smallest absolute Gasteiger partial charge is 0.269 e. The van der Waals surface area contributed by atoms with Gasteiger partial charge in [-0.05, 0) is 18.2 Å². The van der Waals surface area contributed by atoms with E-state index in [9.17, 15) is 9.18 Å². The summed E-state index contributed by atoms with van der Waals surface area (Å²) in [7, 11) is 1.68. The Hall–Kier alpha value is -3.86. The number of halogens is 2. The minimum absolute atomic E-state index is 0.0403. The maximum absolute atomic E-state index is 14.4. The lowest BCUT2D eigenvalue weighted by Crippen LogP contribution is -2.54. The average molecular weight is 469 g/mol. The number of anilines is 1. The first-order valence-electron chi connectivity index (χ1n) is 10.1. The van der Waals surface area contributed by atoms with Crippen LogP contribution in [0, 0.1) is 5.82 Å². The van der Waals surface area contributed by atoms with E-state index in [0.29, 0.717) is 36.0 Å². The second-order valence-electron chi connectivity index (χ2n) is 7.53. The molecule has 1 aliphatic rings. The van der Waals surface area contributed by atoms with Gasteiger partial charge in [-0.15, -0.1) is 5.10 Å². The first-order chi connectivity index (χ1) is 16.0. The normalized spacial score (nSPS) is 13.7. The number of aryl methyl sites for hydroxylation is 1. The summed E-state index contributed by atoms with van der Waals surface area (Å²) in [6, 6.07) is 5.83. The number of hydrogen-bond donors (Lipinski definition) is 0. The number of nitrogens with zero attached hydrogens (tertiary/aromatic N) is 8. The fourth-order valence-corrected chi connectivity index (χ4v) is 3.70. The van der Waals surface area contributed by atoms with Crippen LogP contribution >= 0.6 is 11.6 Å². The van der Waals surface area contributed by atoms with E-state index in [2.05, 4.69) is 25.4 Å². The molecule has 4 aromatic rings. The average Bonchev–Trinajstić information content (AvgIpc) is 3.12. The summed E-state index contributed by atoms with van der Waals surface area (Å²) in [5, 5.41) is 12.6. The van der Waals surface area contributed by atoms with Crippen molar-refractivity contribution in [2.75, 3.05) is 18.0 Å². The molecule has 0 N–H and O–H groups in total. The largest absolute Gasteiger partial charge is 0.469 e. The second kappa shape index (κ2) is 8.58. The van der Waals surface area contributed by atoms with E-state index in [0.717, 1.165) is 0 Å². The molecule has 1 aliphatic heterocycles. The van der Waals surface area contributed by atoms with Crippen molar-refractivity contribution in [2.24, 2.45) is 7.05 Å². The minimum Gasteiger partial charge on any atom is -0.469 e. The predicted octanol–water partition coefficient (Wildman–Crippen LogP) is 1.94. The molecule has 0 unspecified atom stereocenters. The van der Waals surface area contributed by atoms with Crippen molar-refractivity contribution in [1.29, 1.82) is 0 Å². The third-order valence-electron chi connectivity index (χ3n) is 5.32. The summed E-state index contributed by atoms with van der Waals surface area (Å²) in [5.41, 5.74) is 1.52. The summed E-state index contributed by atoms with van der Waals surface area (Å²) in [6.45, 7) is 1.29. The zero-order valence-electron chi connectivity index (χ0n) is 17.5. The highest BCUT2D eigenvalue weighted by Crippen LogP contribution is 2.27. The topological polar surface area (TPSA) is 104 Å². The molecule has 0 saturated carbocycles. The van der Waals surface area contributed by atoms with Crippen molar-refractivity contribution in [3.8, 4) is 17.1 Å². The van der Waals surface area contributed by atoms with Gasteiger partial charge in [0.1, 0.15) is 17.6 Å². The molecule has 3 aromatic heterocycles. The van der Waals surface area contributed by atoms with Crippen LogP contribution in [-0.4, -0.2) is 53.9 Å². The third-order valence-corrected chi connectivity index (χ3v) is 5.56. The van der Waals surface area contributed by atoms with Crippen LogP contribution in [0.5, 0.6) is 5.88 Å². The number of hydrogen-bond acceptors (Lipinski definition) is 8. The van der Waals surface area contributed by atoms with E-state index < -0.39 is 5.82 Å². The van der Waals surface area contributed by atoms with Crippen molar-refractivity contribution in [2.45, 2.75) is 12.6 Å². The Labute approximate surface area is 192 Å². The van der Waals surface area contributed by atoms with Gasteiger partial charge in [-0.25, -0.2) is 18.7 Å². The maximum atomic E-state index is 14.4. The Morgan fingerprint density at radius 1 is 1.21 bits per heavy atom. The van der Waals surface area contributed by atoms with Crippen molar-refractivity contribution >= 4 is 17.3 Å². The summed E-state index contributed by atoms with van der Waals surface area (Å²) >= 11 is 5.85. The SMILES string of the molecule is Cn1nnc(-c2ccc(Cl)cc2F)c1Cn1ncc(N2CC(Oc3cnccn3)C2)cc1=O. The zero-order valence-corrected chi connectivity index (χ0v) is 18.2. The van der Waals surface area contributed by atoms with Crippen molar-refractivity contribution in [3.63, 3.8) is 0 Å². The van der Waals surface area contributed by atoms with Crippen LogP contribution in [0.15, 0.2) is 53.8 Å². The fourth-order valence-electron chi connectivity index (χ4n) is 3.54. The molecule has 0 bridgehead atoms. The van der Waals surface area contributed by atoms with E-state index in [1.54, 1.807) is 37.9 Å². The zero-order chi connectivity index (χ0) is 22.9. The molecule has 0 radical (unpaired) electrons. The van der Waals surface area contributed by atoms with E-state index in [1.807, 2.05) is 4.90 Å². The van der Waals surface area contributed by atoms with Gasteiger partial charge in [-0.1, -0.05) is 16.8 Å². The van der Waals surface area contributed by atoms with Crippen LogP contribution in [0.2, 0.25) is 5.02 Å². The van der Waals surface area contributed by atoms with E-state index >= 15 is 0 Å². The first-order valence-corrected chi connectivity index (χ1v) is 10.4. The molecule has 1 saturated heterocycles. The molecule has 1 fully saturated rings. The van der Waals surface area contributed by atoms with Crippen LogP contribution in [0.25, 0.3) is 11.3 Å².